The molecule has 0 aliphatic rings. The van der Waals surface area contributed by atoms with Crippen LogP contribution in [0.3, 0.4) is 0 Å². The lowest BCUT2D eigenvalue weighted by Crippen LogP contribution is -2.06. The highest BCUT2D eigenvalue weighted by molar-refractivity contribution is 9.10. The lowest BCUT2D eigenvalue weighted by atomic mass is 9.96. The predicted octanol–water partition coefficient (Wildman–Crippen LogP) is 4.94. The van der Waals surface area contributed by atoms with Gasteiger partial charge in [-0.15, -0.1) is 11.6 Å². The molecule has 0 saturated heterocycles. The number of rotatable bonds is 4. The van der Waals surface area contributed by atoms with Crippen molar-refractivity contribution in [3.8, 4) is 5.75 Å². The minimum atomic E-state index is -0.182. The molecule has 2 nitrogen and oxygen atoms in total. The molecule has 2 aromatic rings. The first-order chi connectivity index (χ1) is 9.13. The van der Waals surface area contributed by atoms with Crippen LogP contribution < -0.4 is 4.74 Å². The van der Waals surface area contributed by atoms with Gasteiger partial charge in [-0.05, 0) is 24.3 Å². The summed E-state index contributed by atoms with van der Waals surface area (Å²) in [5, 5.41) is -0.182. The number of alkyl halides is 1. The van der Waals surface area contributed by atoms with Gasteiger partial charge in [-0.25, -0.2) is 0 Å². The summed E-state index contributed by atoms with van der Waals surface area (Å²) in [6.45, 7) is 2.07. The van der Waals surface area contributed by atoms with Crippen LogP contribution in [0.5, 0.6) is 5.75 Å². The van der Waals surface area contributed by atoms with Gasteiger partial charge in [0.05, 0.1) is 12.5 Å². The average Bonchev–Trinajstić information content (AvgIpc) is 2.46. The van der Waals surface area contributed by atoms with Gasteiger partial charge >= 0.3 is 0 Å². The molecule has 19 heavy (non-hydrogen) atoms. The summed E-state index contributed by atoms with van der Waals surface area (Å²) in [6.07, 6.45) is 1.79. The number of pyridine rings is 1. The molecular weight excluding hydrogens is 326 g/mol. The van der Waals surface area contributed by atoms with Crippen LogP contribution in [0.2, 0.25) is 0 Å². The summed E-state index contributed by atoms with van der Waals surface area (Å²) in [5.41, 5.74) is 1.96. The molecule has 2 atom stereocenters. The normalized spacial score (nSPS) is 13.9. The van der Waals surface area contributed by atoms with Crippen LogP contribution in [-0.2, 0) is 0 Å². The molecule has 0 amide bonds. The van der Waals surface area contributed by atoms with Gasteiger partial charge in [0.15, 0.2) is 0 Å². The molecule has 2 rings (SSSR count). The lowest BCUT2D eigenvalue weighted by Gasteiger charge is -2.20. The Kier molecular flexibility index (Phi) is 4.83. The average molecular weight is 341 g/mol. The zero-order chi connectivity index (χ0) is 13.8. The van der Waals surface area contributed by atoms with Gasteiger partial charge in [0, 0.05) is 27.8 Å². The number of halogens is 2. The van der Waals surface area contributed by atoms with Crippen molar-refractivity contribution < 1.29 is 4.74 Å². The van der Waals surface area contributed by atoms with Crippen LogP contribution in [-0.4, -0.2) is 12.1 Å². The van der Waals surface area contributed by atoms with Crippen LogP contribution in [0.1, 0.15) is 29.5 Å². The molecule has 0 bridgehead atoms. The number of benzene rings is 1. The minimum Gasteiger partial charge on any atom is -0.496 e. The number of hydrogen-bond donors (Lipinski definition) is 0. The largest absolute Gasteiger partial charge is 0.496 e. The first-order valence-corrected chi connectivity index (χ1v) is 7.25. The van der Waals surface area contributed by atoms with Crippen LogP contribution in [0.25, 0.3) is 0 Å². The molecule has 2 unspecified atom stereocenters. The third-order valence-electron chi connectivity index (χ3n) is 3.09. The van der Waals surface area contributed by atoms with Gasteiger partial charge < -0.3 is 4.74 Å². The maximum atomic E-state index is 6.59. The van der Waals surface area contributed by atoms with Gasteiger partial charge in [0.1, 0.15) is 5.75 Å². The summed E-state index contributed by atoms with van der Waals surface area (Å²) in [4.78, 5) is 4.36. The van der Waals surface area contributed by atoms with E-state index in [1.54, 1.807) is 13.3 Å². The molecule has 0 aliphatic heterocycles. The monoisotopic (exact) mass is 339 g/mol. The summed E-state index contributed by atoms with van der Waals surface area (Å²) in [5.74, 6) is 0.898. The maximum absolute atomic E-state index is 6.59. The Morgan fingerprint density at radius 2 is 2.05 bits per heavy atom. The summed E-state index contributed by atoms with van der Waals surface area (Å²) in [7, 11) is 1.65. The molecule has 0 radical (unpaired) electrons. The van der Waals surface area contributed by atoms with Gasteiger partial charge in [0.2, 0.25) is 0 Å². The topological polar surface area (TPSA) is 22.1 Å². The predicted molar refractivity (Wildman–Crippen MR) is 81.9 cm³/mol. The molecule has 1 aromatic heterocycles. The van der Waals surface area contributed by atoms with E-state index in [-0.39, 0.29) is 11.3 Å². The van der Waals surface area contributed by atoms with Crippen LogP contribution >= 0.6 is 27.5 Å². The summed E-state index contributed by atoms with van der Waals surface area (Å²) in [6, 6.07) is 11.8. The fraction of sp³-hybridized carbons (Fsp3) is 0.267. The Morgan fingerprint density at radius 1 is 1.26 bits per heavy atom. The van der Waals surface area contributed by atoms with E-state index in [2.05, 4.69) is 27.8 Å². The molecule has 0 fully saturated rings. The Labute approximate surface area is 126 Å². The van der Waals surface area contributed by atoms with E-state index in [1.807, 2.05) is 36.4 Å². The van der Waals surface area contributed by atoms with Crippen LogP contribution in [0, 0.1) is 0 Å². The molecule has 0 N–H and O–H groups in total. The Balaban J connectivity index is 2.31. The van der Waals surface area contributed by atoms with Crippen molar-refractivity contribution >= 4 is 27.5 Å². The van der Waals surface area contributed by atoms with E-state index >= 15 is 0 Å². The molecule has 0 saturated carbocycles. The highest BCUT2D eigenvalue weighted by Gasteiger charge is 2.22. The molecule has 100 valence electrons. The van der Waals surface area contributed by atoms with E-state index in [4.69, 9.17) is 16.3 Å². The number of nitrogens with zero attached hydrogens (tertiary/aromatic N) is 1. The van der Waals surface area contributed by atoms with E-state index in [9.17, 15) is 0 Å². The van der Waals surface area contributed by atoms with E-state index in [0.29, 0.717) is 0 Å². The standard InChI is InChI=1S/C15H15BrClNO/c1-10(13-5-3-4-8-18-13)15(17)12-7-6-11(16)9-14(12)19-2/h3-10,15H,1-2H3. The highest BCUT2D eigenvalue weighted by Crippen LogP contribution is 2.40. The van der Waals surface area contributed by atoms with Gasteiger partial charge in [-0.3, -0.25) is 4.98 Å². The SMILES string of the molecule is COc1cc(Br)ccc1C(Cl)C(C)c1ccccn1. The second-order valence-corrected chi connectivity index (χ2v) is 5.72. The van der Waals surface area contributed by atoms with Crippen molar-refractivity contribution in [1.29, 1.82) is 0 Å². The highest BCUT2D eigenvalue weighted by atomic mass is 79.9. The van der Waals surface area contributed by atoms with Crippen molar-refractivity contribution in [3.05, 3.63) is 58.3 Å². The van der Waals surface area contributed by atoms with Crippen LogP contribution in [0.15, 0.2) is 47.1 Å². The van der Waals surface area contributed by atoms with Gasteiger partial charge in [-0.1, -0.05) is 35.0 Å². The molecule has 1 aromatic carbocycles. The quantitative estimate of drug-likeness (QED) is 0.736. The number of methoxy groups -OCH3 is 1. The fourth-order valence-corrected chi connectivity index (χ4v) is 2.63. The van der Waals surface area contributed by atoms with Crippen molar-refractivity contribution in [2.24, 2.45) is 0 Å². The first kappa shape index (κ1) is 14.4. The number of hydrogen-bond acceptors (Lipinski definition) is 2. The third kappa shape index (κ3) is 3.28. The Hall–Kier alpha value is -1.06. The second-order valence-electron chi connectivity index (χ2n) is 4.33. The lowest BCUT2D eigenvalue weighted by molar-refractivity contribution is 0.407. The molecular formula is C15H15BrClNO. The maximum Gasteiger partial charge on any atom is 0.124 e. The summed E-state index contributed by atoms with van der Waals surface area (Å²) < 4.78 is 6.37. The summed E-state index contributed by atoms with van der Waals surface area (Å²) >= 11 is 10.0. The van der Waals surface area contributed by atoms with E-state index in [1.165, 1.54) is 0 Å². The van der Waals surface area contributed by atoms with Gasteiger partial charge in [-0.2, -0.15) is 0 Å². The van der Waals surface area contributed by atoms with Crippen molar-refractivity contribution in [2.45, 2.75) is 18.2 Å². The Bertz CT molecular complexity index is 547. The molecule has 0 spiro atoms. The first-order valence-electron chi connectivity index (χ1n) is 6.02. The van der Waals surface area contributed by atoms with Gasteiger partial charge in [0.25, 0.3) is 0 Å². The third-order valence-corrected chi connectivity index (χ3v) is 4.19. The van der Waals surface area contributed by atoms with Crippen molar-refractivity contribution in [1.82, 2.24) is 4.98 Å². The zero-order valence-electron chi connectivity index (χ0n) is 10.8. The van der Waals surface area contributed by atoms with Crippen molar-refractivity contribution in [2.75, 3.05) is 7.11 Å². The van der Waals surface area contributed by atoms with E-state index < -0.39 is 0 Å². The zero-order valence-corrected chi connectivity index (χ0v) is 13.1. The molecule has 1 heterocycles. The smallest absolute Gasteiger partial charge is 0.124 e. The number of ether oxygens (including phenoxy) is 1. The second kappa shape index (κ2) is 6.40. The van der Waals surface area contributed by atoms with Crippen molar-refractivity contribution in [3.63, 3.8) is 0 Å². The minimum absolute atomic E-state index is 0.109. The fourth-order valence-electron chi connectivity index (χ4n) is 1.98. The van der Waals surface area contributed by atoms with Crippen LogP contribution in [0.4, 0.5) is 0 Å². The van der Waals surface area contributed by atoms with E-state index in [0.717, 1.165) is 21.5 Å². The number of aromatic nitrogens is 1. The molecule has 0 aliphatic carbocycles. The molecule has 4 heteroatoms. The Morgan fingerprint density at radius 3 is 2.68 bits per heavy atom.